The molecule has 1 rings (SSSR count). The molecule has 1 aromatic carbocycles. The first-order valence-corrected chi connectivity index (χ1v) is 7.06. The van der Waals surface area contributed by atoms with Crippen LogP contribution in [0.5, 0.6) is 0 Å². The Kier molecular flexibility index (Phi) is 7.12. The minimum atomic E-state index is -1.00. The van der Waals surface area contributed by atoms with E-state index in [0.717, 1.165) is 24.9 Å². The Labute approximate surface area is 121 Å². The zero-order valence-corrected chi connectivity index (χ0v) is 12.5. The quantitative estimate of drug-likeness (QED) is 0.295. The molecule has 4 heteroatoms. The lowest BCUT2D eigenvalue weighted by Gasteiger charge is -2.18. The van der Waals surface area contributed by atoms with Gasteiger partial charge < -0.3 is 0 Å². The summed E-state index contributed by atoms with van der Waals surface area (Å²) in [6, 6.07) is 9.41. The first kappa shape index (κ1) is 16.5. The summed E-state index contributed by atoms with van der Waals surface area (Å²) >= 11 is 0. The highest BCUT2D eigenvalue weighted by Crippen LogP contribution is 2.23. The van der Waals surface area contributed by atoms with E-state index in [9.17, 15) is 0 Å². The van der Waals surface area contributed by atoms with Gasteiger partial charge in [0, 0.05) is 6.42 Å². The molecular weight excluding hydrogens is 252 g/mol. The molecule has 1 atom stereocenters. The van der Waals surface area contributed by atoms with E-state index in [2.05, 4.69) is 35.0 Å². The van der Waals surface area contributed by atoms with Gasteiger partial charge >= 0.3 is 0 Å². The van der Waals surface area contributed by atoms with Crippen molar-refractivity contribution in [2.75, 3.05) is 0 Å². The standard InChI is InChI=1S/C16H24N2O2/c1-4-9-14(2)10-8-13-16(3,20-19)18-17-15-11-6-5-7-12-15/h5-7,10-12,19H,4,8-9,13H2,1-3H3/b14-10-,18-17?. The fraction of sp³-hybridized carbons (Fsp3) is 0.500. The lowest BCUT2D eigenvalue weighted by Crippen LogP contribution is -2.23. The average molecular weight is 276 g/mol. The Bertz CT molecular complexity index is 443. The molecule has 0 saturated carbocycles. The minimum Gasteiger partial charge on any atom is -0.249 e. The molecule has 1 unspecified atom stereocenters. The molecule has 4 nitrogen and oxygen atoms in total. The van der Waals surface area contributed by atoms with Gasteiger partial charge in [-0.2, -0.15) is 5.11 Å². The fourth-order valence-electron chi connectivity index (χ4n) is 1.85. The lowest BCUT2D eigenvalue weighted by molar-refractivity contribution is -0.318. The van der Waals surface area contributed by atoms with Crippen molar-refractivity contribution < 1.29 is 10.1 Å². The van der Waals surface area contributed by atoms with Gasteiger partial charge in [0.15, 0.2) is 0 Å². The van der Waals surface area contributed by atoms with Crippen molar-refractivity contribution in [2.24, 2.45) is 10.2 Å². The molecule has 0 aliphatic carbocycles. The third kappa shape index (κ3) is 6.08. The molecule has 0 radical (unpaired) electrons. The lowest BCUT2D eigenvalue weighted by atomic mass is 10.1. The highest BCUT2D eigenvalue weighted by atomic mass is 17.1. The number of benzene rings is 1. The van der Waals surface area contributed by atoms with E-state index in [4.69, 9.17) is 5.26 Å². The van der Waals surface area contributed by atoms with Gasteiger partial charge in [-0.3, -0.25) is 0 Å². The molecule has 0 bridgehead atoms. The summed E-state index contributed by atoms with van der Waals surface area (Å²) in [5, 5.41) is 17.3. The van der Waals surface area contributed by atoms with Crippen LogP contribution >= 0.6 is 0 Å². The van der Waals surface area contributed by atoms with E-state index in [0.29, 0.717) is 6.42 Å². The molecule has 0 aromatic heterocycles. The van der Waals surface area contributed by atoms with E-state index in [1.54, 1.807) is 6.92 Å². The molecule has 1 aromatic rings. The molecule has 0 amide bonds. The number of azo groups is 1. The van der Waals surface area contributed by atoms with Gasteiger partial charge in [0.1, 0.15) is 0 Å². The Balaban J connectivity index is 2.58. The monoisotopic (exact) mass is 276 g/mol. The number of hydrogen-bond donors (Lipinski definition) is 1. The van der Waals surface area contributed by atoms with Crippen molar-refractivity contribution in [1.29, 1.82) is 0 Å². The molecule has 0 fully saturated rings. The largest absolute Gasteiger partial charge is 0.249 e. The van der Waals surface area contributed by atoms with E-state index < -0.39 is 5.72 Å². The first-order chi connectivity index (χ1) is 9.59. The van der Waals surface area contributed by atoms with Gasteiger partial charge in [-0.1, -0.05) is 43.2 Å². The van der Waals surface area contributed by atoms with E-state index in [1.807, 2.05) is 30.3 Å². The summed E-state index contributed by atoms with van der Waals surface area (Å²) in [6.45, 7) is 6.00. The smallest absolute Gasteiger partial charge is 0.210 e. The number of rotatable bonds is 8. The Hall–Kier alpha value is -1.52. The van der Waals surface area contributed by atoms with Gasteiger partial charge in [0.05, 0.1) is 5.69 Å². The maximum Gasteiger partial charge on any atom is 0.210 e. The topological polar surface area (TPSA) is 54.2 Å². The van der Waals surface area contributed by atoms with E-state index >= 15 is 0 Å². The average Bonchev–Trinajstić information content (AvgIpc) is 2.46. The summed E-state index contributed by atoms with van der Waals surface area (Å²) < 4.78 is 0. The second-order valence-electron chi connectivity index (χ2n) is 5.14. The second-order valence-corrected chi connectivity index (χ2v) is 5.14. The van der Waals surface area contributed by atoms with Crippen molar-refractivity contribution in [1.82, 2.24) is 0 Å². The van der Waals surface area contributed by atoms with Crippen molar-refractivity contribution in [3.05, 3.63) is 42.0 Å². The Morgan fingerprint density at radius 2 is 2.05 bits per heavy atom. The van der Waals surface area contributed by atoms with Crippen LogP contribution in [-0.2, 0) is 4.89 Å². The molecular formula is C16H24N2O2. The van der Waals surface area contributed by atoms with Crippen molar-refractivity contribution in [2.45, 2.75) is 52.2 Å². The maximum absolute atomic E-state index is 9.06. The highest BCUT2D eigenvalue weighted by Gasteiger charge is 2.24. The predicted molar refractivity (Wildman–Crippen MR) is 81.0 cm³/mol. The van der Waals surface area contributed by atoms with Gasteiger partial charge in [0.2, 0.25) is 5.72 Å². The van der Waals surface area contributed by atoms with Crippen LogP contribution in [0.25, 0.3) is 0 Å². The van der Waals surface area contributed by atoms with E-state index in [1.165, 1.54) is 5.57 Å². The molecule has 1 N–H and O–H groups in total. The van der Waals surface area contributed by atoms with Crippen molar-refractivity contribution in [3.63, 3.8) is 0 Å². The summed E-state index contributed by atoms with van der Waals surface area (Å²) in [6.07, 6.45) is 5.79. The molecule has 20 heavy (non-hydrogen) atoms. The van der Waals surface area contributed by atoms with Crippen LogP contribution < -0.4 is 0 Å². The summed E-state index contributed by atoms with van der Waals surface area (Å²) in [7, 11) is 0. The fourth-order valence-corrected chi connectivity index (χ4v) is 1.85. The third-order valence-electron chi connectivity index (χ3n) is 3.08. The molecule has 0 heterocycles. The summed E-state index contributed by atoms with van der Waals surface area (Å²) in [5.74, 6) is 0. The zero-order valence-electron chi connectivity index (χ0n) is 12.5. The first-order valence-electron chi connectivity index (χ1n) is 7.06. The normalized spacial score (nSPS) is 15.5. The van der Waals surface area contributed by atoms with Crippen LogP contribution in [0.2, 0.25) is 0 Å². The molecule has 0 aliphatic heterocycles. The minimum absolute atomic E-state index is 0.584. The molecule has 0 aliphatic rings. The highest BCUT2D eigenvalue weighted by molar-refractivity contribution is 5.34. The van der Waals surface area contributed by atoms with Gasteiger partial charge in [-0.05, 0) is 38.8 Å². The third-order valence-corrected chi connectivity index (χ3v) is 3.08. The molecule has 0 spiro atoms. The summed E-state index contributed by atoms with van der Waals surface area (Å²) in [5.41, 5.74) is 1.10. The SMILES string of the molecule is CCC/C(C)=C\CCC(C)(N=Nc1ccccc1)OO. The number of hydrogen-bond acceptors (Lipinski definition) is 4. The van der Waals surface area contributed by atoms with Crippen molar-refractivity contribution in [3.8, 4) is 0 Å². The van der Waals surface area contributed by atoms with Crippen LogP contribution in [-0.4, -0.2) is 11.0 Å². The zero-order chi connectivity index (χ0) is 14.8. The van der Waals surface area contributed by atoms with Crippen LogP contribution in [0.4, 0.5) is 5.69 Å². The van der Waals surface area contributed by atoms with Gasteiger partial charge in [-0.25, -0.2) is 10.1 Å². The van der Waals surface area contributed by atoms with E-state index in [-0.39, 0.29) is 0 Å². The van der Waals surface area contributed by atoms with Gasteiger partial charge in [0.25, 0.3) is 0 Å². The van der Waals surface area contributed by atoms with Crippen LogP contribution in [0.15, 0.2) is 52.2 Å². The van der Waals surface area contributed by atoms with Gasteiger partial charge in [-0.15, -0.1) is 5.11 Å². The number of nitrogens with zero attached hydrogens (tertiary/aromatic N) is 2. The number of allylic oxidation sites excluding steroid dienone is 2. The Morgan fingerprint density at radius 1 is 1.35 bits per heavy atom. The predicted octanol–water partition coefficient (Wildman–Crippen LogP) is 5.50. The van der Waals surface area contributed by atoms with Crippen LogP contribution in [0.1, 0.15) is 46.5 Å². The summed E-state index contributed by atoms with van der Waals surface area (Å²) in [4.78, 5) is 4.51. The van der Waals surface area contributed by atoms with Crippen molar-refractivity contribution >= 4 is 5.69 Å². The molecule has 0 saturated heterocycles. The van der Waals surface area contributed by atoms with Crippen LogP contribution in [0, 0.1) is 0 Å². The Morgan fingerprint density at radius 3 is 2.65 bits per heavy atom. The maximum atomic E-state index is 9.06. The second kappa shape index (κ2) is 8.61. The van der Waals surface area contributed by atoms with Crippen LogP contribution in [0.3, 0.4) is 0 Å². The molecule has 110 valence electrons.